The maximum absolute atomic E-state index is 11.5. The van der Waals surface area contributed by atoms with Gasteiger partial charge in [-0.3, -0.25) is 0 Å². The van der Waals surface area contributed by atoms with E-state index < -0.39 is 0 Å². The van der Waals surface area contributed by atoms with Crippen LogP contribution in [0.2, 0.25) is 0 Å². The molecule has 14 heavy (non-hydrogen) atoms. The molecule has 0 atom stereocenters. The predicted octanol–water partition coefficient (Wildman–Crippen LogP) is 1.02. The molecule has 0 unspecified atom stereocenters. The number of anilines is 1. The number of nitrogen functional groups attached to an aromatic ring is 1. The van der Waals surface area contributed by atoms with Crippen molar-refractivity contribution in [3.8, 4) is 0 Å². The SMILES string of the molecule is CCOC(=O)c1[se]c(N)nc1C(C)C. The van der Waals surface area contributed by atoms with Gasteiger partial charge in [0.15, 0.2) is 0 Å². The van der Waals surface area contributed by atoms with Gasteiger partial charge >= 0.3 is 88.8 Å². The van der Waals surface area contributed by atoms with Gasteiger partial charge in [-0.2, -0.15) is 0 Å². The van der Waals surface area contributed by atoms with Gasteiger partial charge < -0.3 is 0 Å². The molecule has 1 heterocycles. The molecule has 0 bridgehead atoms. The number of aromatic nitrogens is 1. The maximum atomic E-state index is 11.5. The van der Waals surface area contributed by atoms with E-state index in [-0.39, 0.29) is 26.4 Å². The summed E-state index contributed by atoms with van der Waals surface area (Å²) in [4.78, 5) is 15.7. The molecule has 0 spiro atoms. The second-order valence-electron chi connectivity index (χ2n) is 3.14. The van der Waals surface area contributed by atoms with Gasteiger partial charge in [0.1, 0.15) is 0 Å². The second kappa shape index (κ2) is 4.62. The number of nitrogens with two attached hydrogens (primary N) is 1. The van der Waals surface area contributed by atoms with E-state index in [2.05, 4.69) is 4.98 Å². The number of esters is 1. The van der Waals surface area contributed by atoms with Crippen LogP contribution in [0.4, 0.5) is 4.69 Å². The van der Waals surface area contributed by atoms with E-state index in [1.165, 1.54) is 0 Å². The van der Waals surface area contributed by atoms with Crippen LogP contribution in [0.15, 0.2) is 0 Å². The topological polar surface area (TPSA) is 65.2 Å². The fraction of sp³-hybridized carbons (Fsp3) is 0.556. The van der Waals surface area contributed by atoms with Crippen molar-refractivity contribution in [3.63, 3.8) is 0 Å². The minimum atomic E-state index is -0.264. The molecule has 5 heteroatoms. The summed E-state index contributed by atoms with van der Waals surface area (Å²) in [5.41, 5.74) is 6.41. The molecule has 0 aromatic carbocycles. The summed E-state index contributed by atoms with van der Waals surface area (Å²) in [6.45, 7) is 6.17. The van der Waals surface area contributed by atoms with Gasteiger partial charge in [0.25, 0.3) is 0 Å². The van der Waals surface area contributed by atoms with Crippen LogP contribution in [0.1, 0.15) is 41.6 Å². The Hall–Kier alpha value is -0.801. The van der Waals surface area contributed by atoms with Crippen molar-refractivity contribution >= 4 is 25.2 Å². The second-order valence-corrected chi connectivity index (χ2v) is 5.30. The number of hydrogen-bond donors (Lipinski definition) is 1. The van der Waals surface area contributed by atoms with Crippen molar-refractivity contribution in [2.45, 2.75) is 26.7 Å². The van der Waals surface area contributed by atoms with E-state index >= 15 is 0 Å². The molecule has 0 fully saturated rings. The molecule has 0 amide bonds. The van der Waals surface area contributed by atoms with Crippen molar-refractivity contribution in [2.75, 3.05) is 12.3 Å². The van der Waals surface area contributed by atoms with Crippen molar-refractivity contribution < 1.29 is 9.53 Å². The number of hydrogen-bond acceptors (Lipinski definition) is 4. The summed E-state index contributed by atoms with van der Waals surface area (Å²) >= 11 is -0.147. The van der Waals surface area contributed by atoms with E-state index in [1.807, 2.05) is 13.8 Å². The number of nitrogens with zero attached hydrogens (tertiary/aromatic N) is 1. The zero-order chi connectivity index (χ0) is 10.7. The molecule has 1 aromatic heterocycles. The van der Waals surface area contributed by atoms with Gasteiger partial charge in [-0.15, -0.1) is 0 Å². The van der Waals surface area contributed by atoms with Crippen LogP contribution in [0.3, 0.4) is 0 Å². The summed E-state index contributed by atoms with van der Waals surface area (Å²) in [7, 11) is 0. The van der Waals surface area contributed by atoms with Crippen LogP contribution in [0, 0.1) is 0 Å². The van der Waals surface area contributed by atoms with Gasteiger partial charge in [-0.1, -0.05) is 0 Å². The van der Waals surface area contributed by atoms with E-state index in [0.717, 1.165) is 5.69 Å². The molecule has 0 aliphatic rings. The number of ether oxygens (including phenoxy) is 1. The molecule has 2 N–H and O–H groups in total. The average molecular weight is 261 g/mol. The van der Waals surface area contributed by atoms with Crippen molar-refractivity contribution in [2.24, 2.45) is 0 Å². The van der Waals surface area contributed by atoms with E-state index in [4.69, 9.17) is 10.5 Å². The molecule has 1 rings (SSSR count). The molecule has 4 nitrogen and oxygen atoms in total. The first kappa shape index (κ1) is 11.3. The van der Waals surface area contributed by atoms with Crippen LogP contribution in [-0.4, -0.2) is 32.1 Å². The third-order valence-electron chi connectivity index (χ3n) is 1.68. The van der Waals surface area contributed by atoms with Gasteiger partial charge in [0, 0.05) is 0 Å². The summed E-state index contributed by atoms with van der Waals surface area (Å²) in [5, 5.41) is 0. The van der Waals surface area contributed by atoms with Crippen molar-refractivity contribution in [1.29, 1.82) is 0 Å². The van der Waals surface area contributed by atoms with Gasteiger partial charge in [0.2, 0.25) is 0 Å². The van der Waals surface area contributed by atoms with Crippen LogP contribution >= 0.6 is 0 Å². The predicted molar refractivity (Wildman–Crippen MR) is 55.6 cm³/mol. The Labute approximate surface area is 89.2 Å². The third kappa shape index (κ3) is 2.36. The Morgan fingerprint density at radius 2 is 2.29 bits per heavy atom. The zero-order valence-corrected chi connectivity index (χ0v) is 10.2. The Morgan fingerprint density at radius 3 is 2.79 bits per heavy atom. The number of carbonyl (C=O) groups excluding carboxylic acids is 1. The summed E-state index contributed by atoms with van der Waals surface area (Å²) in [6.07, 6.45) is 0. The van der Waals surface area contributed by atoms with Gasteiger partial charge in [-0.25, -0.2) is 0 Å². The Kier molecular flexibility index (Phi) is 3.72. The Morgan fingerprint density at radius 1 is 1.64 bits per heavy atom. The summed E-state index contributed by atoms with van der Waals surface area (Å²) < 4.78 is 6.18. The first-order chi connectivity index (χ1) is 6.56. The Balaban J connectivity index is 3.00. The van der Waals surface area contributed by atoms with Crippen molar-refractivity contribution in [1.82, 2.24) is 4.98 Å². The van der Waals surface area contributed by atoms with Crippen LogP contribution < -0.4 is 5.73 Å². The van der Waals surface area contributed by atoms with Gasteiger partial charge in [-0.05, 0) is 0 Å². The molecule has 78 valence electrons. The first-order valence-corrected chi connectivity index (χ1v) is 6.20. The van der Waals surface area contributed by atoms with Crippen molar-refractivity contribution in [3.05, 3.63) is 10.1 Å². The molecule has 0 saturated heterocycles. The standard InChI is InChI=1S/C9H14N2O2Se/c1-4-13-8(12)7-6(5(2)3)11-9(10)14-7/h5H,4H2,1-3H3,(H2,10,11). The third-order valence-corrected chi connectivity index (χ3v) is 3.52. The summed E-state index contributed by atoms with van der Waals surface area (Å²) in [5.74, 6) is -0.0438. The van der Waals surface area contributed by atoms with E-state index in [0.29, 0.717) is 15.7 Å². The molecular weight excluding hydrogens is 247 g/mol. The number of carbonyl (C=O) groups is 1. The Bertz CT molecular complexity index is 334. The van der Waals surface area contributed by atoms with E-state index in [1.54, 1.807) is 6.92 Å². The fourth-order valence-electron chi connectivity index (χ4n) is 1.08. The van der Waals surface area contributed by atoms with Crippen LogP contribution in [-0.2, 0) is 4.74 Å². The quantitative estimate of drug-likeness (QED) is 0.651. The molecular formula is C9H14N2O2Se. The van der Waals surface area contributed by atoms with Gasteiger partial charge in [0.05, 0.1) is 0 Å². The molecule has 0 aliphatic carbocycles. The monoisotopic (exact) mass is 262 g/mol. The normalized spacial score (nSPS) is 10.6. The average Bonchev–Trinajstić information content (AvgIpc) is 2.48. The molecule has 0 aliphatic heterocycles. The zero-order valence-electron chi connectivity index (χ0n) is 8.53. The van der Waals surface area contributed by atoms with Crippen LogP contribution in [0.5, 0.6) is 0 Å². The minimum absolute atomic E-state index is 0.147. The summed E-state index contributed by atoms with van der Waals surface area (Å²) in [6, 6.07) is 0. The van der Waals surface area contributed by atoms with Crippen LogP contribution in [0.25, 0.3) is 0 Å². The molecule has 0 saturated carbocycles. The first-order valence-electron chi connectivity index (χ1n) is 4.49. The number of rotatable bonds is 3. The van der Waals surface area contributed by atoms with E-state index in [9.17, 15) is 4.79 Å². The fourth-order valence-corrected chi connectivity index (χ4v) is 2.93. The molecule has 0 radical (unpaired) electrons. The molecule has 1 aromatic rings.